The Bertz CT molecular complexity index is 176. The Kier molecular flexibility index (Phi) is 2.54. The molecule has 54 valence electrons. The van der Waals surface area contributed by atoms with Crippen LogP contribution in [-0.2, 0) is 0 Å². The molecule has 0 aliphatic heterocycles. The fraction of sp³-hybridized carbons (Fsp3) is 0.500. The summed E-state index contributed by atoms with van der Waals surface area (Å²) in [5.74, 6) is 0. The maximum atomic E-state index is 5.42. The highest BCUT2D eigenvalue weighted by Crippen LogP contribution is 2.16. The maximum absolute atomic E-state index is 5.42. The quantitative estimate of drug-likeness (QED) is 0.412. The van der Waals surface area contributed by atoms with Gasteiger partial charge in [0.25, 0.3) is 0 Å². The molecule has 0 aromatic rings. The van der Waals surface area contributed by atoms with E-state index in [2.05, 4.69) is 37.3 Å². The van der Waals surface area contributed by atoms with E-state index in [1.165, 1.54) is 0 Å². The van der Waals surface area contributed by atoms with Gasteiger partial charge in [-0.05, 0) is 0 Å². The molecule has 0 fully saturated rings. The van der Waals surface area contributed by atoms with Gasteiger partial charge in [-0.15, -0.1) is 23.9 Å². The third kappa shape index (κ3) is 1.53. The molecule has 0 aromatic carbocycles. The van der Waals surface area contributed by atoms with E-state index < -0.39 is 15.2 Å². The molecule has 0 unspecified atom stereocenters. The van der Waals surface area contributed by atoms with E-state index in [1.807, 2.05) is 0 Å². The average Bonchev–Trinajstić information content (AvgIpc) is 1.88. The average molecular weight is 166 g/mol. The van der Waals surface area contributed by atoms with Crippen molar-refractivity contribution in [1.82, 2.24) is 0 Å². The number of hydrogen-bond acceptors (Lipinski definition) is 0. The van der Waals surface area contributed by atoms with Crippen LogP contribution in [-0.4, -0.2) is 15.2 Å². The van der Waals surface area contributed by atoms with Crippen molar-refractivity contribution >= 4 is 15.2 Å². The normalized spacial score (nSPS) is 11.8. The Labute approximate surface area is 65.8 Å². The predicted octanol–water partition coefficient (Wildman–Crippen LogP) is 1.83. The standard InChI is InChI=1S/C8H14Si2/c1-7-9(3,4)10(5,6)8-2/h1-2H,3-6H3. The SMILES string of the molecule is C#C[Si](C)(C)[Si](C)(C)C#C. The molecule has 0 aromatic heterocycles. The first-order valence-corrected chi connectivity index (χ1v) is 10.3. The van der Waals surface area contributed by atoms with Gasteiger partial charge in [-0.3, -0.25) is 0 Å². The van der Waals surface area contributed by atoms with Gasteiger partial charge in [0.1, 0.15) is 15.2 Å². The van der Waals surface area contributed by atoms with Crippen LogP contribution in [0.4, 0.5) is 0 Å². The van der Waals surface area contributed by atoms with Gasteiger partial charge in [-0.2, -0.15) is 0 Å². The Balaban J connectivity index is 4.71. The summed E-state index contributed by atoms with van der Waals surface area (Å²) in [4.78, 5) is 0. The molecule has 0 spiro atoms. The van der Waals surface area contributed by atoms with E-state index in [0.717, 1.165) is 0 Å². The van der Waals surface area contributed by atoms with Crippen LogP contribution in [0.2, 0.25) is 26.2 Å². The van der Waals surface area contributed by atoms with Crippen LogP contribution in [0.3, 0.4) is 0 Å². The molecule has 0 rings (SSSR count). The van der Waals surface area contributed by atoms with Crippen molar-refractivity contribution < 1.29 is 0 Å². The zero-order valence-corrected chi connectivity index (χ0v) is 9.15. The molecule has 10 heavy (non-hydrogen) atoms. The lowest BCUT2D eigenvalue weighted by Crippen LogP contribution is -2.53. The second-order valence-corrected chi connectivity index (χ2v) is 18.1. The van der Waals surface area contributed by atoms with Gasteiger partial charge in [0.05, 0.1) is 0 Å². The highest BCUT2D eigenvalue weighted by Gasteiger charge is 2.38. The lowest BCUT2D eigenvalue weighted by molar-refractivity contribution is 1.85. The topological polar surface area (TPSA) is 0 Å². The van der Waals surface area contributed by atoms with Gasteiger partial charge < -0.3 is 0 Å². The second kappa shape index (κ2) is 2.66. The van der Waals surface area contributed by atoms with Gasteiger partial charge in [0.2, 0.25) is 0 Å². The van der Waals surface area contributed by atoms with Crippen molar-refractivity contribution in [3.05, 3.63) is 0 Å². The van der Waals surface area contributed by atoms with E-state index in [1.54, 1.807) is 0 Å². The highest BCUT2D eigenvalue weighted by molar-refractivity contribution is 7.46. The summed E-state index contributed by atoms with van der Waals surface area (Å²) in [5.41, 5.74) is 5.78. The van der Waals surface area contributed by atoms with Gasteiger partial charge in [0, 0.05) is 0 Å². The summed E-state index contributed by atoms with van der Waals surface area (Å²) in [6.45, 7) is 8.72. The first-order chi connectivity index (χ1) is 4.37. The van der Waals surface area contributed by atoms with Crippen LogP contribution in [0.5, 0.6) is 0 Å². The molecule has 0 nitrogen and oxygen atoms in total. The largest absolute Gasteiger partial charge is 0.137 e. The van der Waals surface area contributed by atoms with Crippen LogP contribution >= 0.6 is 0 Å². The Morgan fingerprint density at radius 2 is 1.00 bits per heavy atom. The zero-order valence-electron chi connectivity index (χ0n) is 7.15. The maximum Gasteiger partial charge on any atom is 0.137 e. The minimum atomic E-state index is -1.47. The van der Waals surface area contributed by atoms with Crippen LogP contribution in [0.25, 0.3) is 0 Å². The van der Waals surface area contributed by atoms with Crippen molar-refractivity contribution in [2.24, 2.45) is 0 Å². The van der Waals surface area contributed by atoms with E-state index in [-0.39, 0.29) is 0 Å². The summed E-state index contributed by atoms with van der Waals surface area (Å²) in [6.07, 6.45) is 10.8. The minimum absolute atomic E-state index is 1.47. The molecule has 0 atom stereocenters. The molecule has 0 aliphatic carbocycles. The van der Waals surface area contributed by atoms with Crippen molar-refractivity contribution in [2.45, 2.75) is 26.2 Å². The third-order valence-electron chi connectivity index (χ3n) is 2.28. The number of rotatable bonds is 1. The molecule has 0 radical (unpaired) electrons. The Morgan fingerprint density at radius 1 is 0.800 bits per heavy atom. The zero-order chi connectivity index (χ0) is 8.41. The van der Waals surface area contributed by atoms with Gasteiger partial charge in [-0.25, -0.2) is 0 Å². The van der Waals surface area contributed by atoms with Crippen molar-refractivity contribution in [1.29, 1.82) is 0 Å². The molecular weight excluding hydrogens is 152 g/mol. The molecule has 0 bridgehead atoms. The van der Waals surface area contributed by atoms with E-state index >= 15 is 0 Å². The molecule has 2 heteroatoms. The molecule has 0 amide bonds. The van der Waals surface area contributed by atoms with Gasteiger partial charge in [0.15, 0.2) is 0 Å². The van der Waals surface area contributed by atoms with Crippen molar-refractivity contribution in [3.8, 4) is 23.9 Å². The molecule has 0 saturated carbocycles. The van der Waals surface area contributed by atoms with E-state index in [4.69, 9.17) is 12.8 Å². The molecule has 0 heterocycles. The van der Waals surface area contributed by atoms with Crippen molar-refractivity contribution in [2.75, 3.05) is 0 Å². The Hall–Kier alpha value is -0.446. The summed E-state index contributed by atoms with van der Waals surface area (Å²) in [6, 6.07) is 0. The summed E-state index contributed by atoms with van der Waals surface area (Å²) >= 11 is 0. The number of terminal acetylenes is 2. The third-order valence-corrected chi connectivity index (χ3v) is 17.1. The summed E-state index contributed by atoms with van der Waals surface area (Å²) < 4.78 is 0. The molecule has 0 aliphatic rings. The fourth-order valence-corrected chi connectivity index (χ4v) is 3.25. The predicted molar refractivity (Wildman–Crippen MR) is 52.6 cm³/mol. The molecule has 0 saturated heterocycles. The monoisotopic (exact) mass is 166 g/mol. The van der Waals surface area contributed by atoms with E-state index in [0.29, 0.717) is 0 Å². The highest BCUT2D eigenvalue weighted by atomic mass is 29.3. The minimum Gasteiger partial charge on any atom is -0.137 e. The van der Waals surface area contributed by atoms with Crippen LogP contribution in [0, 0.1) is 23.9 Å². The summed E-state index contributed by atoms with van der Waals surface area (Å²) in [7, 11) is -2.95. The van der Waals surface area contributed by atoms with Crippen LogP contribution < -0.4 is 0 Å². The number of hydrogen-bond donors (Lipinski definition) is 0. The van der Waals surface area contributed by atoms with Gasteiger partial charge in [-0.1, -0.05) is 26.2 Å². The van der Waals surface area contributed by atoms with Crippen LogP contribution in [0.15, 0.2) is 0 Å². The first kappa shape index (κ1) is 9.55. The van der Waals surface area contributed by atoms with Crippen LogP contribution in [0.1, 0.15) is 0 Å². The lowest BCUT2D eigenvalue weighted by atomic mass is 11.4. The molecular formula is C8H14Si2. The fourth-order valence-electron chi connectivity index (χ4n) is 0.361. The van der Waals surface area contributed by atoms with Gasteiger partial charge >= 0.3 is 0 Å². The van der Waals surface area contributed by atoms with E-state index in [9.17, 15) is 0 Å². The lowest BCUT2D eigenvalue weighted by Gasteiger charge is -2.27. The van der Waals surface area contributed by atoms with Crippen molar-refractivity contribution in [3.63, 3.8) is 0 Å². The smallest absolute Gasteiger partial charge is 0.137 e. The summed E-state index contributed by atoms with van der Waals surface area (Å²) in [5, 5.41) is 0. The molecule has 0 N–H and O–H groups in total. The first-order valence-electron chi connectivity index (χ1n) is 3.33. The second-order valence-electron chi connectivity index (χ2n) is 3.54. The Morgan fingerprint density at radius 3 is 1.10 bits per heavy atom.